The minimum Gasteiger partial charge on any atom is -0.349 e. The van der Waals surface area contributed by atoms with Gasteiger partial charge in [0.25, 0.3) is 5.56 Å². The number of allylic oxidation sites excluding steroid dienone is 1. The van der Waals surface area contributed by atoms with Crippen LogP contribution in [0.3, 0.4) is 0 Å². The zero-order chi connectivity index (χ0) is 20.8. The van der Waals surface area contributed by atoms with Crippen LogP contribution in [0.25, 0.3) is 10.9 Å². The van der Waals surface area contributed by atoms with Crippen LogP contribution in [0, 0.1) is 0 Å². The number of nitrogens with zero attached hydrogens (tertiary/aromatic N) is 2. The molecule has 29 heavy (non-hydrogen) atoms. The molecular weight excluding hydrogens is 382 g/mol. The molecule has 1 amide bonds. The van der Waals surface area contributed by atoms with Crippen molar-refractivity contribution in [2.45, 2.75) is 38.0 Å². The Morgan fingerprint density at radius 1 is 1.24 bits per heavy atom. The van der Waals surface area contributed by atoms with Crippen molar-refractivity contribution in [1.29, 1.82) is 0 Å². The van der Waals surface area contributed by atoms with E-state index in [0.29, 0.717) is 22.6 Å². The van der Waals surface area contributed by atoms with E-state index in [1.54, 1.807) is 22.8 Å². The summed E-state index contributed by atoms with van der Waals surface area (Å²) < 4.78 is 1.56. The summed E-state index contributed by atoms with van der Waals surface area (Å²) in [5.74, 6) is 0.0777. The highest BCUT2D eigenvalue weighted by atomic mass is 32.2. The minimum atomic E-state index is -0.122. The summed E-state index contributed by atoms with van der Waals surface area (Å²) in [6.45, 7) is 8.15. The van der Waals surface area contributed by atoms with E-state index in [1.807, 2.05) is 31.2 Å². The topological polar surface area (TPSA) is 64.0 Å². The Kier molecular flexibility index (Phi) is 6.88. The lowest BCUT2D eigenvalue weighted by molar-refractivity contribution is -0.119. The van der Waals surface area contributed by atoms with Crippen LogP contribution >= 0.6 is 11.8 Å². The summed E-state index contributed by atoms with van der Waals surface area (Å²) in [6.07, 6.45) is 2.65. The summed E-state index contributed by atoms with van der Waals surface area (Å²) in [6, 6.07) is 15.4. The van der Waals surface area contributed by atoms with Crippen molar-refractivity contribution in [2.75, 3.05) is 5.75 Å². The Balaban J connectivity index is 1.72. The van der Waals surface area contributed by atoms with Crippen LogP contribution in [0.2, 0.25) is 0 Å². The molecule has 2 aromatic carbocycles. The van der Waals surface area contributed by atoms with Gasteiger partial charge in [0.2, 0.25) is 5.91 Å². The normalized spacial score (nSPS) is 11.9. The Labute approximate surface area is 174 Å². The van der Waals surface area contributed by atoms with Crippen LogP contribution in [0.15, 0.2) is 71.1 Å². The van der Waals surface area contributed by atoms with Gasteiger partial charge in [-0.15, -0.1) is 6.58 Å². The fourth-order valence-corrected chi connectivity index (χ4v) is 3.91. The number of aromatic nitrogens is 2. The van der Waals surface area contributed by atoms with Gasteiger partial charge in [-0.2, -0.15) is 0 Å². The number of aryl methyl sites for hydroxylation is 1. The van der Waals surface area contributed by atoms with E-state index >= 15 is 0 Å². The van der Waals surface area contributed by atoms with E-state index in [2.05, 4.69) is 35.9 Å². The van der Waals surface area contributed by atoms with Crippen molar-refractivity contribution in [3.05, 3.63) is 82.7 Å². The second-order valence-corrected chi connectivity index (χ2v) is 7.73. The van der Waals surface area contributed by atoms with Crippen LogP contribution in [0.5, 0.6) is 0 Å². The molecule has 3 rings (SSSR count). The van der Waals surface area contributed by atoms with Crippen molar-refractivity contribution in [3.8, 4) is 0 Å². The summed E-state index contributed by atoms with van der Waals surface area (Å²) in [5.41, 5.74) is 2.84. The third-order valence-corrected chi connectivity index (χ3v) is 5.71. The van der Waals surface area contributed by atoms with Gasteiger partial charge in [-0.25, -0.2) is 4.98 Å². The number of nitrogens with one attached hydrogen (secondary N) is 1. The number of benzene rings is 2. The van der Waals surface area contributed by atoms with E-state index in [9.17, 15) is 9.59 Å². The van der Waals surface area contributed by atoms with Gasteiger partial charge >= 0.3 is 0 Å². The molecule has 1 aromatic heterocycles. The first-order valence-corrected chi connectivity index (χ1v) is 10.6. The van der Waals surface area contributed by atoms with Gasteiger partial charge in [0.15, 0.2) is 5.16 Å². The first-order valence-electron chi connectivity index (χ1n) is 9.65. The number of hydrogen-bond donors (Lipinski definition) is 1. The molecule has 0 saturated carbocycles. The average Bonchev–Trinajstić information content (AvgIpc) is 2.74. The predicted octanol–water partition coefficient (Wildman–Crippen LogP) is 4.11. The lowest BCUT2D eigenvalue weighted by atomic mass is 10.1. The molecule has 1 N–H and O–H groups in total. The van der Waals surface area contributed by atoms with Crippen molar-refractivity contribution >= 4 is 28.6 Å². The largest absolute Gasteiger partial charge is 0.349 e. The molecule has 6 heteroatoms. The van der Waals surface area contributed by atoms with Crippen molar-refractivity contribution in [1.82, 2.24) is 14.9 Å². The zero-order valence-electron chi connectivity index (χ0n) is 16.7. The lowest BCUT2D eigenvalue weighted by Crippen LogP contribution is -2.29. The van der Waals surface area contributed by atoms with Crippen LogP contribution in [-0.2, 0) is 17.8 Å². The molecule has 0 bridgehead atoms. The Hall–Kier alpha value is -2.86. The molecule has 0 radical (unpaired) electrons. The maximum Gasteiger partial charge on any atom is 0.262 e. The maximum atomic E-state index is 12.8. The molecule has 0 aliphatic rings. The van der Waals surface area contributed by atoms with Gasteiger partial charge < -0.3 is 5.32 Å². The van der Waals surface area contributed by atoms with Gasteiger partial charge in [0.05, 0.1) is 22.7 Å². The number of rotatable bonds is 8. The van der Waals surface area contributed by atoms with Gasteiger partial charge in [0, 0.05) is 6.54 Å². The third kappa shape index (κ3) is 4.95. The molecule has 0 spiro atoms. The Morgan fingerprint density at radius 2 is 1.97 bits per heavy atom. The molecule has 1 atom stereocenters. The SMILES string of the molecule is C=CCn1c(SCC(=O)N[C@H](C)c2ccc(CC)cc2)nc2ccccc2c1=O. The van der Waals surface area contributed by atoms with Gasteiger partial charge in [-0.1, -0.05) is 61.2 Å². The van der Waals surface area contributed by atoms with Crippen LogP contribution < -0.4 is 10.9 Å². The quantitative estimate of drug-likeness (QED) is 0.347. The standard InChI is InChI=1S/C23H25N3O2S/c1-4-14-26-22(28)19-8-6-7-9-20(19)25-23(26)29-15-21(27)24-16(3)18-12-10-17(5-2)11-13-18/h4,6-13,16H,1,5,14-15H2,2-3H3,(H,24,27)/t16-/m1/s1. The Bertz CT molecular complexity index is 1070. The van der Waals surface area contributed by atoms with Crippen LogP contribution in [0.1, 0.15) is 31.0 Å². The second kappa shape index (κ2) is 9.56. The van der Waals surface area contributed by atoms with Crippen molar-refractivity contribution in [3.63, 3.8) is 0 Å². The average molecular weight is 408 g/mol. The highest BCUT2D eigenvalue weighted by Crippen LogP contribution is 2.19. The van der Waals surface area contributed by atoms with Crippen LogP contribution in [-0.4, -0.2) is 21.2 Å². The molecular formula is C23H25N3O2S. The monoisotopic (exact) mass is 407 g/mol. The number of para-hydroxylation sites is 1. The molecule has 0 aliphatic carbocycles. The smallest absolute Gasteiger partial charge is 0.262 e. The maximum absolute atomic E-state index is 12.8. The molecule has 150 valence electrons. The minimum absolute atomic E-state index is 0.0889. The molecule has 0 aliphatic heterocycles. The van der Waals surface area contributed by atoms with Crippen molar-refractivity contribution < 1.29 is 4.79 Å². The van der Waals surface area contributed by atoms with E-state index < -0.39 is 0 Å². The summed E-state index contributed by atoms with van der Waals surface area (Å²) in [7, 11) is 0. The van der Waals surface area contributed by atoms with E-state index in [0.717, 1.165) is 12.0 Å². The Morgan fingerprint density at radius 3 is 2.66 bits per heavy atom. The van der Waals surface area contributed by atoms with Gasteiger partial charge in [-0.3, -0.25) is 14.2 Å². The predicted molar refractivity (Wildman–Crippen MR) is 119 cm³/mol. The zero-order valence-corrected chi connectivity index (χ0v) is 17.5. The van der Waals surface area contributed by atoms with Gasteiger partial charge in [0.1, 0.15) is 0 Å². The highest BCUT2D eigenvalue weighted by Gasteiger charge is 2.14. The molecule has 1 heterocycles. The highest BCUT2D eigenvalue weighted by molar-refractivity contribution is 7.99. The third-order valence-electron chi connectivity index (χ3n) is 4.74. The first-order chi connectivity index (χ1) is 14.0. The number of fused-ring (bicyclic) bond motifs is 1. The second-order valence-electron chi connectivity index (χ2n) is 6.79. The number of carbonyl (C=O) groups is 1. The van der Waals surface area contributed by atoms with Crippen LogP contribution in [0.4, 0.5) is 0 Å². The lowest BCUT2D eigenvalue weighted by Gasteiger charge is -2.15. The fourth-order valence-electron chi connectivity index (χ4n) is 3.09. The first kappa shape index (κ1) is 20.9. The summed E-state index contributed by atoms with van der Waals surface area (Å²) >= 11 is 1.26. The van der Waals surface area contributed by atoms with E-state index in [-0.39, 0.29) is 23.3 Å². The number of hydrogen-bond acceptors (Lipinski definition) is 4. The number of amides is 1. The van der Waals surface area contributed by atoms with E-state index in [1.165, 1.54) is 17.3 Å². The van der Waals surface area contributed by atoms with Crippen molar-refractivity contribution in [2.24, 2.45) is 0 Å². The molecule has 3 aromatic rings. The molecule has 0 unspecified atom stereocenters. The summed E-state index contributed by atoms with van der Waals surface area (Å²) in [4.78, 5) is 29.8. The molecule has 0 saturated heterocycles. The molecule has 5 nitrogen and oxygen atoms in total. The summed E-state index contributed by atoms with van der Waals surface area (Å²) in [5, 5.41) is 4.09. The molecule has 0 fully saturated rings. The van der Waals surface area contributed by atoms with Gasteiger partial charge in [-0.05, 0) is 36.6 Å². The number of thioether (sulfide) groups is 1. The fraction of sp³-hybridized carbons (Fsp3) is 0.261. The van der Waals surface area contributed by atoms with E-state index in [4.69, 9.17) is 0 Å². The number of carbonyl (C=O) groups excluding carboxylic acids is 1.